The van der Waals surface area contributed by atoms with Gasteiger partial charge in [0.15, 0.2) is 5.82 Å². The Hall–Kier alpha value is -2.82. The number of aryl methyl sites for hydroxylation is 1. The minimum atomic E-state index is 0.667. The molecule has 0 unspecified atom stereocenters. The average molecular weight is 316 g/mol. The van der Waals surface area contributed by atoms with Crippen LogP contribution in [0.3, 0.4) is 0 Å². The summed E-state index contributed by atoms with van der Waals surface area (Å²) in [5.74, 6) is 0.812. The van der Waals surface area contributed by atoms with Gasteiger partial charge in [0, 0.05) is 12.2 Å². The topological polar surface area (TPSA) is 34.0 Å². The molecule has 120 valence electrons. The second kappa shape index (κ2) is 7.17. The van der Waals surface area contributed by atoms with Gasteiger partial charge in [-0.2, -0.15) is 0 Å². The van der Waals surface area contributed by atoms with Gasteiger partial charge < -0.3 is 9.38 Å². The molecule has 2 heterocycles. The Balaban J connectivity index is 1.79. The second-order valence-corrected chi connectivity index (χ2v) is 5.81. The van der Waals surface area contributed by atoms with E-state index in [4.69, 9.17) is 4.98 Å². The van der Waals surface area contributed by atoms with E-state index >= 15 is 0 Å². The van der Waals surface area contributed by atoms with Crippen LogP contribution in [0.4, 0.5) is 5.82 Å². The van der Waals surface area contributed by atoms with Crippen molar-refractivity contribution in [2.75, 3.05) is 11.4 Å². The molecule has 0 aliphatic carbocycles. The molecule has 24 heavy (non-hydrogen) atoms. The molecule has 0 saturated heterocycles. The van der Waals surface area contributed by atoms with Crippen LogP contribution < -0.4 is 4.90 Å². The molecule has 1 aromatic carbocycles. The largest absolute Gasteiger partial charge is 0.383 e. The molecule has 0 amide bonds. The summed E-state index contributed by atoms with van der Waals surface area (Å²) in [4.78, 5) is 11.3. The lowest BCUT2D eigenvalue weighted by Gasteiger charge is -2.24. The fourth-order valence-electron chi connectivity index (χ4n) is 2.74. The Bertz CT molecular complexity index is 854. The third kappa shape index (κ3) is 3.40. The Morgan fingerprint density at radius 1 is 1.25 bits per heavy atom. The number of nitrogens with zero attached hydrogens (tertiary/aromatic N) is 4. The molecular weight excluding hydrogens is 295 g/mol. The van der Waals surface area contributed by atoms with Crippen molar-refractivity contribution in [1.29, 1.82) is 0 Å². The van der Waals surface area contributed by atoms with Gasteiger partial charge in [0.1, 0.15) is 11.2 Å². The zero-order chi connectivity index (χ0) is 16.9. The Labute approximate surface area is 143 Å². The van der Waals surface area contributed by atoms with Gasteiger partial charge in [-0.15, -0.1) is 6.58 Å². The molecule has 2 aromatic heterocycles. The molecule has 3 aromatic rings. The van der Waals surface area contributed by atoms with Crippen molar-refractivity contribution in [2.24, 2.45) is 0 Å². The van der Waals surface area contributed by atoms with Gasteiger partial charge in [0.2, 0.25) is 7.98 Å². The highest BCUT2D eigenvalue weighted by atomic mass is 15.2. The van der Waals surface area contributed by atoms with E-state index in [1.165, 1.54) is 5.56 Å². The highest BCUT2D eigenvalue weighted by Crippen LogP contribution is 2.21. The summed E-state index contributed by atoms with van der Waals surface area (Å²) in [5.41, 5.74) is 4.09. The van der Waals surface area contributed by atoms with E-state index in [-0.39, 0.29) is 0 Å². The lowest BCUT2D eigenvalue weighted by molar-refractivity contribution is 0.855. The summed E-state index contributed by atoms with van der Waals surface area (Å²) in [5, 5.41) is 0. The van der Waals surface area contributed by atoms with Crippen LogP contribution in [0.2, 0.25) is 0 Å². The standard InChI is InChI=1S/C19H21BN4/c1-3-12-23(15(2)9-10-16-7-5-4-6-8-16)18-14-21-19-17(22-18)11-13-24(19)20/h3-8,11,13-14H,1-2,9-10,12,20H2. The number of aromatic nitrogens is 3. The van der Waals surface area contributed by atoms with Crippen LogP contribution in [0.25, 0.3) is 11.2 Å². The maximum absolute atomic E-state index is 4.73. The second-order valence-electron chi connectivity index (χ2n) is 5.81. The summed E-state index contributed by atoms with van der Waals surface area (Å²) in [6.07, 6.45) is 7.46. The van der Waals surface area contributed by atoms with Gasteiger partial charge >= 0.3 is 0 Å². The quantitative estimate of drug-likeness (QED) is 0.496. The Morgan fingerprint density at radius 2 is 2.04 bits per heavy atom. The van der Waals surface area contributed by atoms with Crippen LogP contribution in [0.15, 0.2) is 73.7 Å². The van der Waals surface area contributed by atoms with E-state index in [0.717, 1.165) is 35.5 Å². The van der Waals surface area contributed by atoms with Crippen LogP contribution in [-0.2, 0) is 6.42 Å². The van der Waals surface area contributed by atoms with Crippen LogP contribution in [0.1, 0.15) is 12.0 Å². The van der Waals surface area contributed by atoms with Gasteiger partial charge in [-0.3, -0.25) is 0 Å². The van der Waals surface area contributed by atoms with Gasteiger partial charge in [-0.25, -0.2) is 9.97 Å². The van der Waals surface area contributed by atoms with Crippen molar-refractivity contribution in [3.05, 3.63) is 79.3 Å². The molecule has 5 heteroatoms. The molecule has 4 nitrogen and oxygen atoms in total. The van der Waals surface area contributed by atoms with Crippen molar-refractivity contribution in [3.8, 4) is 0 Å². The van der Waals surface area contributed by atoms with Crippen molar-refractivity contribution < 1.29 is 0 Å². The molecular formula is C19H21BN4. The minimum Gasteiger partial charge on any atom is -0.383 e. The molecule has 0 aliphatic heterocycles. The van der Waals surface area contributed by atoms with Crippen molar-refractivity contribution >= 4 is 25.0 Å². The van der Waals surface area contributed by atoms with E-state index in [2.05, 4.69) is 47.3 Å². The predicted molar refractivity (Wildman–Crippen MR) is 103 cm³/mol. The fourth-order valence-corrected chi connectivity index (χ4v) is 2.74. The van der Waals surface area contributed by atoms with Gasteiger partial charge in [0.05, 0.1) is 6.20 Å². The summed E-state index contributed by atoms with van der Waals surface area (Å²) >= 11 is 0. The Morgan fingerprint density at radius 3 is 2.79 bits per heavy atom. The van der Waals surface area contributed by atoms with Crippen molar-refractivity contribution in [2.45, 2.75) is 12.8 Å². The van der Waals surface area contributed by atoms with Crippen molar-refractivity contribution in [1.82, 2.24) is 14.4 Å². The number of allylic oxidation sites excluding steroid dienone is 1. The van der Waals surface area contributed by atoms with E-state index in [1.54, 1.807) is 6.20 Å². The molecule has 0 radical (unpaired) electrons. The van der Waals surface area contributed by atoms with Crippen LogP contribution in [0.5, 0.6) is 0 Å². The van der Waals surface area contributed by atoms with Gasteiger partial charge in [-0.1, -0.05) is 43.0 Å². The van der Waals surface area contributed by atoms with E-state index in [1.807, 2.05) is 36.9 Å². The highest BCUT2D eigenvalue weighted by molar-refractivity contribution is 6.10. The molecule has 0 bridgehead atoms. The molecule has 0 fully saturated rings. The summed E-state index contributed by atoms with van der Waals surface area (Å²) in [7, 11) is 1.97. The van der Waals surface area contributed by atoms with E-state index in [9.17, 15) is 0 Å². The normalized spacial score (nSPS) is 10.7. The third-order valence-corrected chi connectivity index (χ3v) is 4.07. The van der Waals surface area contributed by atoms with Gasteiger partial charge in [0.25, 0.3) is 0 Å². The smallest absolute Gasteiger partial charge is 0.225 e. The number of anilines is 1. The molecule has 3 rings (SSSR count). The first kappa shape index (κ1) is 16.1. The number of hydrogen-bond acceptors (Lipinski definition) is 3. The summed E-state index contributed by atoms with van der Waals surface area (Å²) < 4.78 is 1.97. The number of hydrogen-bond donors (Lipinski definition) is 0. The predicted octanol–water partition coefficient (Wildman–Crippen LogP) is 2.97. The molecule has 0 spiro atoms. The lowest BCUT2D eigenvalue weighted by Crippen LogP contribution is -2.23. The van der Waals surface area contributed by atoms with Crippen LogP contribution >= 0.6 is 0 Å². The first-order valence-corrected chi connectivity index (χ1v) is 8.07. The molecule has 0 N–H and O–H groups in total. The van der Waals surface area contributed by atoms with Gasteiger partial charge in [-0.05, 0) is 30.7 Å². The highest BCUT2D eigenvalue weighted by Gasteiger charge is 2.12. The van der Waals surface area contributed by atoms with Crippen molar-refractivity contribution in [3.63, 3.8) is 0 Å². The first-order valence-electron chi connectivity index (χ1n) is 8.07. The fraction of sp³-hybridized carbons (Fsp3) is 0.158. The average Bonchev–Trinajstić information content (AvgIpc) is 2.99. The SMILES string of the molecule is Bn1ccc2nc(N(CC=C)C(=C)CCc3ccccc3)cnc21. The maximum atomic E-state index is 4.73. The summed E-state index contributed by atoms with van der Waals surface area (Å²) in [6, 6.07) is 12.4. The van der Waals surface area contributed by atoms with E-state index < -0.39 is 0 Å². The van der Waals surface area contributed by atoms with E-state index in [0.29, 0.717) is 6.54 Å². The maximum Gasteiger partial charge on any atom is 0.225 e. The number of fused-ring (bicyclic) bond motifs is 1. The minimum absolute atomic E-state index is 0.667. The zero-order valence-electron chi connectivity index (χ0n) is 14.0. The van der Waals surface area contributed by atoms with Crippen LogP contribution in [-0.4, -0.2) is 29.0 Å². The lowest BCUT2D eigenvalue weighted by atomic mass is 10.1. The number of rotatable bonds is 7. The third-order valence-electron chi connectivity index (χ3n) is 4.07. The number of benzene rings is 1. The molecule has 0 aliphatic rings. The molecule has 0 atom stereocenters. The summed E-state index contributed by atoms with van der Waals surface area (Å²) in [6.45, 7) is 8.78. The van der Waals surface area contributed by atoms with Crippen LogP contribution in [0, 0.1) is 0 Å². The zero-order valence-corrected chi connectivity index (χ0v) is 14.0. The monoisotopic (exact) mass is 316 g/mol. The first-order chi connectivity index (χ1) is 11.7. The Kier molecular flexibility index (Phi) is 4.80. The molecule has 0 saturated carbocycles.